The van der Waals surface area contributed by atoms with E-state index in [1.165, 1.54) is 25.7 Å². The summed E-state index contributed by atoms with van der Waals surface area (Å²) in [6.07, 6.45) is 5.73. The van der Waals surface area contributed by atoms with Crippen LogP contribution in [0.1, 0.15) is 73.6 Å². The molecule has 2 unspecified atom stereocenters. The number of carbonyl (C=O) groups is 1. The monoisotopic (exact) mass is 284 g/mol. The molecule has 0 aromatic carbocycles. The van der Waals surface area contributed by atoms with E-state index in [1.807, 2.05) is 20.8 Å². The maximum atomic E-state index is 11.4. The van der Waals surface area contributed by atoms with E-state index in [-0.39, 0.29) is 12.1 Å². The summed E-state index contributed by atoms with van der Waals surface area (Å²) in [5, 5.41) is 0. The average Bonchev–Trinajstić information content (AvgIpc) is 2.34. The zero-order chi connectivity index (χ0) is 15.4. The Balaban J connectivity index is 2.42. The van der Waals surface area contributed by atoms with Crippen molar-refractivity contribution in [2.75, 3.05) is 6.61 Å². The third-order valence-electron chi connectivity index (χ3n) is 4.28. The van der Waals surface area contributed by atoms with E-state index in [0.717, 1.165) is 0 Å². The van der Waals surface area contributed by atoms with Gasteiger partial charge < -0.3 is 9.47 Å². The van der Waals surface area contributed by atoms with Gasteiger partial charge >= 0.3 is 5.97 Å². The van der Waals surface area contributed by atoms with Crippen LogP contribution in [0.5, 0.6) is 0 Å². The molecule has 1 saturated carbocycles. The first kappa shape index (κ1) is 17.5. The number of rotatable bonds is 6. The third kappa shape index (κ3) is 5.82. The summed E-state index contributed by atoms with van der Waals surface area (Å²) in [5.74, 6) is 0.460. The zero-order valence-electron chi connectivity index (χ0n) is 14.1. The lowest BCUT2D eigenvalue weighted by molar-refractivity contribution is -0.165. The summed E-state index contributed by atoms with van der Waals surface area (Å²) >= 11 is 0. The molecule has 0 spiro atoms. The Bertz CT molecular complexity index is 320. The highest BCUT2D eigenvalue weighted by Gasteiger charge is 2.32. The van der Waals surface area contributed by atoms with Gasteiger partial charge in [-0.05, 0) is 51.4 Å². The normalized spacial score (nSPS) is 24.2. The maximum Gasteiger partial charge on any atom is 0.306 e. The van der Waals surface area contributed by atoms with E-state index in [9.17, 15) is 4.79 Å². The van der Waals surface area contributed by atoms with Gasteiger partial charge in [0.1, 0.15) is 5.60 Å². The minimum absolute atomic E-state index is 0.162. The molecular weight excluding hydrogens is 252 g/mol. The van der Waals surface area contributed by atoms with Crippen LogP contribution < -0.4 is 0 Å². The number of esters is 1. The minimum atomic E-state index is -0.536. The fraction of sp³-hybridized carbons (Fsp3) is 0.941. The Morgan fingerprint density at radius 1 is 1.40 bits per heavy atom. The van der Waals surface area contributed by atoms with Crippen molar-refractivity contribution in [1.82, 2.24) is 0 Å². The van der Waals surface area contributed by atoms with E-state index >= 15 is 0 Å². The van der Waals surface area contributed by atoms with E-state index < -0.39 is 5.60 Å². The van der Waals surface area contributed by atoms with Gasteiger partial charge in [0.25, 0.3) is 0 Å². The molecule has 0 amide bonds. The lowest BCUT2D eigenvalue weighted by atomic mass is 9.71. The Hall–Kier alpha value is -0.570. The van der Waals surface area contributed by atoms with Crippen LogP contribution in [0, 0.1) is 11.3 Å². The highest BCUT2D eigenvalue weighted by atomic mass is 16.6. The smallest absolute Gasteiger partial charge is 0.306 e. The molecule has 0 bridgehead atoms. The zero-order valence-corrected chi connectivity index (χ0v) is 14.1. The number of carbonyl (C=O) groups excluding carboxylic acids is 1. The van der Waals surface area contributed by atoms with Crippen LogP contribution >= 0.6 is 0 Å². The SMILES string of the molecule is CCC(=O)OC(C)(C)COC(C)C1CCCC(C)(C)C1. The van der Waals surface area contributed by atoms with Crippen molar-refractivity contribution in [2.24, 2.45) is 11.3 Å². The highest BCUT2D eigenvalue weighted by Crippen LogP contribution is 2.40. The van der Waals surface area contributed by atoms with E-state index in [0.29, 0.717) is 24.4 Å². The highest BCUT2D eigenvalue weighted by molar-refractivity contribution is 5.69. The van der Waals surface area contributed by atoms with Gasteiger partial charge in [0, 0.05) is 6.42 Å². The Morgan fingerprint density at radius 2 is 2.05 bits per heavy atom. The first-order valence-electron chi connectivity index (χ1n) is 7.99. The van der Waals surface area contributed by atoms with Crippen molar-refractivity contribution in [2.45, 2.75) is 85.4 Å². The molecule has 0 saturated heterocycles. The lowest BCUT2D eigenvalue weighted by Gasteiger charge is -2.38. The van der Waals surface area contributed by atoms with Gasteiger partial charge in [0.15, 0.2) is 0 Å². The summed E-state index contributed by atoms with van der Waals surface area (Å²) in [5.41, 5.74) is -0.101. The van der Waals surface area contributed by atoms with Crippen LogP contribution in [0.4, 0.5) is 0 Å². The molecule has 0 N–H and O–H groups in total. The number of ether oxygens (including phenoxy) is 2. The van der Waals surface area contributed by atoms with Crippen molar-refractivity contribution in [3.05, 3.63) is 0 Å². The standard InChI is InChI=1S/C17H32O3/c1-7-15(18)20-17(5,6)12-19-13(2)14-9-8-10-16(3,4)11-14/h13-14H,7-12H2,1-6H3. The Morgan fingerprint density at radius 3 is 2.60 bits per heavy atom. The van der Waals surface area contributed by atoms with Crippen LogP contribution in [0.3, 0.4) is 0 Å². The van der Waals surface area contributed by atoms with Gasteiger partial charge in [-0.25, -0.2) is 0 Å². The molecule has 0 aliphatic heterocycles. The molecule has 3 heteroatoms. The molecule has 1 aliphatic rings. The molecule has 2 atom stereocenters. The average molecular weight is 284 g/mol. The molecule has 0 aromatic heterocycles. The second-order valence-electron chi connectivity index (χ2n) is 7.62. The molecule has 0 aromatic rings. The molecule has 118 valence electrons. The fourth-order valence-electron chi connectivity index (χ4n) is 3.04. The van der Waals surface area contributed by atoms with E-state index in [1.54, 1.807) is 0 Å². The van der Waals surface area contributed by atoms with Crippen LogP contribution in [-0.2, 0) is 14.3 Å². The Labute approximate surface area is 124 Å². The summed E-state index contributed by atoms with van der Waals surface area (Å²) in [6, 6.07) is 0. The van der Waals surface area contributed by atoms with Gasteiger partial charge in [0.2, 0.25) is 0 Å². The molecule has 0 radical (unpaired) electrons. The predicted octanol–water partition coefficient (Wildman–Crippen LogP) is 4.34. The minimum Gasteiger partial charge on any atom is -0.457 e. The number of hydrogen-bond donors (Lipinski definition) is 0. The van der Waals surface area contributed by atoms with Gasteiger partial charge in [-0.1, -0.05) is 27.2 Å². The van der Waals surface area contributed by atoms with Crippen molar-refractivity contribution >= 4 is 5.97 Å². The third-order valence-corrected chi connectivity index (χ3v) is 4.28. The fourth-order valence-corrected chi connectivity index (χ4v) is 3.04. The molecular formula is C17H32O3. The van der Waals surface area contributed by atoms with E-state index in [2.05, 4.69) is 20.8 Å². The van der Waals surface area contributed by atoms with Gasteiger partial charge in [0.05, 0.1) is 12.7 Å². The van der Waals surface area contributed by atoms with Crippen LogP contribution in [0.25, 0.3) is 0 Å². The quantitative estimate of drug-likeness (QED) is 0.681. The van der Waals surface area contributed by atoms with Crippen molar-refractivity contribution in [3.8, 4) is 0 Å². The van der Waals surface area contributed by atoms with Crippen molar-refractivity contribution in [1.29, 1.82) is 0 Å². The summed E-state index contributed by atoms with van der Waals surface area (Å²) in [6.45, 7) is 13.0. The summed E-state index contributed by atoms with van der Waals surface area (Å²) in [7, 11) is 0. The van der Waals surface area contributed by atoms with Crippen LogP contribution in [0.15, 0.2) is 0 Å². The molecule has 1 aliphatic carbocycles. The first-order chi connectivity index (χ1) is 9.15. The second kappa shape index (κ2) is 6.93. The van der Waals surface area contributed by atoms with Crippen LogP contribution in [0.2, 0.25) is 0 Å². The van der Waals surface area contributed by atoms with Gasteiger partial charge in [-0.2, -0.15) is 0 Å². The molecule has 20 heavy (non-hydrogen) atoms. The van der Waals surface area contributed by atoms with Gasteiger partial charge in [-0.3, -0.25) is 4.79 Å². The van der Waals surface area contributed by atoms with Crippen LogP contribution in [-0.4, -0.2) is 24.3 Å². The Kier molecular flexibility index (Phi) is 6.06. The number of hydrogen-bond acceptors (Lipinski definition) is 3. The predicted molar refractivity (Wildman–Crippen MR) is 81.6 cm³/mol. The summed E-state index contributed by atoms with van der Waals surface area (Å²) in [4.78, 5) is 11.4. The molecule has 1 fully saturated rings. The largest absolute Gasteiger partial charge is 0.457 e. The molecule has 0 heterocycles. The van der Waals surface area contributed by atoms with Gasteiger partial charge in [-0.15, -0.1) is 0 Å². The molecule has 3 nitrogen and oxygen atoms in total. The second-order valence-corrected chi connectivity index (χ2v) is 7.62. The van der Waals surface area contributed by atoms with Crippen molar-refractivity contribution in [3.63, 3.8) is 0 Å². The maximum absolute atomic E-state index is 11.4. The summed E-state index contributed by atoms with van der Waals surface area (Å²) < 4.78 is 11.4. The lowest BCUT2D eigenvalue weighted by Crippen LogP contribution is -2.37. The topological polar surface area (TPSA) is 35.5 Å². The molecule has 1 rings (SSSR count). The van der Waals surface area contributed by atoms with Crippen molar-refractivity contribution < 1.29 is 14.3 Å². The first-order valence-corrected chi connectivity index (χ1v) is 7.99. The van der Waals surface area contributed by atoms with E-state index in [4.69, 9.17) is 9.47 Å².